The van der Waals surface area contributed by atoms with Crippen molar-refractivity contribution in [1.29, 1.82) is 0 Å². The largest absolute Gasteiger partial charge is 0.453 e. The van der Waals surface area contributed by atoms with E-state index in [-0.39, 0.29) is 13.2 Å². The van der Waals surface area contributed by atoms with E-state index < -0.39 is 18.3 Å². The minimum atomic E-state index is -0.589. The number of nitrogens with one attached hydrogen (secondary N) is 1. The van der Waals surface area contributed by atoms with Crippen LogP contribution in [0.15, 0.2) is 0 Å². The Morgan fingerprint density at radius 1 is 0.950 bits per heavy atom. The fraction of sp³-hybridized carbons (Fsp3) is 0.727. The van der Waals surface area contributed by atoms with Gasteiger partial charge in [-0.3, -0.25) is 0 Å². The Morgan fingerprint density at radius 3 is 2.00 bits per heavy atom. The zero-order valence-corrected chi connectivity index (χ0v) is 12.2. The summed E-state index contributed by atoms with van der Waals surface area (Å²) in [5.74, 6) is 0. The van der Waals surface area contributed by atoms with Crippen LogP contribution in [0, 0.1) is 0 Å². The fourth-order valence-electron chi connectivity index (χ4n) is 1.11. The van der Waals surface area contributed by atoms with Crippen molar-refractivity contribution in [1.82, 2.24) is 15.1 Å². The van der Waals surface area contributed by atoms with E-state index in [2.05, 4.69) is 14.8 Å². The molecular weight excluding hydrogens is 270 g/mol. The quantitative estimate of drug-likeness (QED) is 0.551. The van der Waals surface area contributed by atoms with Crippen molar-refractivity contribution < 1.29 is 28.6 Å². The minimum absolute atomic E-state index is 0.0329. The summed E-state index contributed by atoms with van der Waals surface area (Å²) in [5.41, 5.74) is 0. The number of hydrogen-bond donors (Lipinski definition) is 1. The van der Waals surface area contributed by atoms with E-state index >= 15 is 0 Å². The molecule has 0 aliphatic heterocycles. The van der Waals surface area contributed by atoms with Crippen LogP contribution in [0.5, 0.6) is 0 Å². The Bertz CT molecular complexity index is 336. The number of methoxy groups -OCH3 is 2. The summed E-state index contributed by atoms with van der Waals surface area (Å²) >= 11 is 0. The summed E-state index contributed by atoms with van der Waals surface area (Å²) in [6, 6.07) is 0. The fourth-order valence-corrected chi connectivity index (χ4v) is 1.11. The van der Waals surface area contributed by atoms with Gasteiger partial charge in [-0.1, -0.05) is 0 Å². The van der Waals surface area contributed by atoms with Crippen molar-refractivity contribution in [2.75, 3.05) is 54.6 Å². The minimum Gasteiger partial charge on any atom is -0.453 e. The van der Waals surface area contributed by atoms with Crippen molar-refractivity contribution in [3.8, 4) is 0 Å². The average molecular weight is 291 g/mol. The molecule has 0 aromatic carbocycles. The lowest BCUT2D eigenvalue weighted by molar-refractivity contribution is 0.102. The van der Waals surface area contributed by atoms with E-state index in [4.69, 9.17) is 4.74 Å². The number of nitrogens with zero attached hydrogens (tertiary/aromatic N) is 2. The number of hydrogen-bond acceptors (Lipinski definition) is 6. The van der Waals surface area contributed by atoms with Crippen molar-refractivity contribution in [3.05, 3.63) is 0 Å². The summed E-state index contributed by atoms with van der Waals surface area (Å²) in [7, 11) is 5.63. The molecule has 1 N–H and O–H groups in total. The Kier molecular flexibility index (Phi) is 8.64. The molecule has 9 heteroatoms. The Hall–Kier alpha value is -2.19. The topological polar surface area (TPSA) is 97.4 Å². The molecule has 0 fully saturated rings. The van der Waals surface area contributed by atoms with Crippen molar-refractivity contribution in [2.24, 2.45) is 0 Å². The standard InChI is InChI=1S/C11H21N3O6/c1-13(10(16)19-4)6-7-14(2)11(17)20-8-5-12-9(15)18-3/h5-8H2,1-4H3,(H,12,15). The van der Waals surface area contributed by atoms with E-state index in [0.717, 1.165) is 0 Å². The zero-order valence-electron chi connectivity index (χ0n) is 12.2. The molecule has 0 heterocycles. The van der Waals surface area contributed by atoms with Gasteiger partial charge < -0.3 is 29.3 Å². The normalized spacial score (nSPS) is 9.40. The Balaban J connectivity index is 3.81. The number of amides is 3. The van der Waals surface area contributed by atoms with Crippen LogP contribution in [-0.4, -0.2) is 82.6 Å². The van der Waals surface area contributed by atoms with Crippen LogP contribution < -0.4 is 5.32 Å². The summed E-state index contributed by atoms with van der Waals surface area (Å²) in [6.07, 6.45) is -1.61. The highest BCUT2D eigenvalue weighted by Gasteiger charge is 2.13. The third-order valence-electron chi connectivity index (χ3n) is 2.35. The molecule has 0 bridgehead atoms. The third kappa shape index (κ3) is 7.29. The van der Waals surface area contributed by atoms with Crippen LogP contribution in [0.4, 0.5) is 14.4 Å². The van der Waals surface area contributed by atoms with Crippen molar-refractivity contribution in [2.45, 2.75) is 0 Å². The molecule has 0 aromatic heterocycles. The van der Waals surface area contributed by atoms with E-state index in [9.17, 15) is 14.4 Å². The lowest BCUT2D eigenvalue weighted by Gasteiger charge is -2.21. The first kappa shape index (κ1) is 17.8. The molecule has 116 valence electrons. The molecule has 0 aliphatic carbocycles. The van der Waals surface area contributed by atoms with E-state index in [1.54, 1.807) is 14.1 Å². The van der Waals surface area contributed by atoms with Gasteiger partial charge in [0.1, 0.15) is 6.61 Å². The Labute approximate surface area is 117 Å². The molecule has 20 heavy (non-hydrogen) atoms. The molecule has 3 amide bonds. The molecule has 0 unspecified atom stereocenters. The maximum atomic E-state index is 11.5. The number of likely N-dealkylation sites (N-methyl/N-ethyl adjacent to an activating group) is 2. The average Bonchev–Trinajstić information content (AvgIpc) is 2.46. The van der Waals surface area contributed by atoms with Gasteiger partial charge in [0, 0.05) is 27.2 Å². The van der Waals surface area contributed by atoms with Crippen LogP contribution in [0.3, 0.4) is 0 Å². The highest BCUT2D eigenvalue weighted by molar-refractivity contribution is 5.68. The van der Waals surface area contributed by atoms with Gasteiger partial charge in [0.2, 0.25) is 0 Å². The van der Waals surface area contributed by atoms with Gasteiger partial charge in [-0.05, 0) is 0 Å². The van der Waals surface area contributed by atoms with Gasteiger partial charge >= 0.3 is 18.3 Å². The smallest absolute Gasteiger partial charge is 0.409 e. The lowest BCUT2D eigenvalue weighted by Crippen LogP contribution is -2.38. The van der Waals surface area contributed by atoms with Crippen molar-refractivity contribution >= 4 is 18.3 Å². The predicted molar refractivity (Wildman–Crippen MR) is 69.4 cm³/mol. The highest BCUT2D eigenvalue weighted by Crippen LogP contribution is 1.93. The van der Waals surface area contributed by atoms with Crippen molar-refractivity contribution in [3.63, 3.8) is 0 Å². The molecular formula is C11H21N3O6. The van der Waals surface area contributed by atoms with Gasteiger partial charge in [0.15, 0.2) is 0 Å². The van der Waals surface area contributed by atoms with E-state index in [0.29, 0.717) is 13.1 Å². The van der Waals surface area contributed by atoms with Gasteiger partial charge in [-0.2, -0.15) is 0 Å². The first-order valence-electron chi connectivity index (χ1n) is 5.91. The SMILES string of the molecule is COC(=O)NCCOC(=O)N(C)CCN(C)C(=O)OC. The number of rotatable bonds is 6. The summed E-state index contributed by atoms with van der Waals surface area (Å²) in [4.78, 5) is 36.0. The molecule has 0 saturated heterocycles. The second-order valence-corrected chi connectivity index (χ2v) is 3.85. The molecule has 0 radical (unpaired) electrons. The maximum Gasteiger partial charge on any atom is 0.409 e. The first-order chi connectivity index (χ1) is 9.42. The summed E-state index contributed by atoms with van der Waals surface area (Å²) in [5, 5.41) is 2.37. The lowest BCUT2D eigenvalue weighted by atomic mass is 10.5. The highest BCUT2D eigenvalue weighted by atomic mass is 16.6. The van der Waals surface area contributed by atoms with Crippen LogP contribution in [0.1, 0.15) is 0 Å². The second-order valence-electron chi connectivity index (χ2n) is 3.85. The number of alkyl carbamates (subject to hydrolysis) is 1. The van der Waals surface area contributed by atoms with Crippen LogP contribution in [0.25, 0.3) is 0 Å². The summed E-state index contributed by atoms with van der Waals surface area (Å²) < 4.78 is 13.8. The predicted octanol–water partition coefficient (Wildman–Crippen LogP) is 0.109. The van der Waals surface area contributed by atoms with Gasteiger partial charge in [0.25, 0.3) is 0 Å². The zero-order chi connectivity index (χ0) is 15.5. The molecule has 0 rings (SSSR count). The van der Waals surface area contributed by atoms with E-state index in [1.807, 2.05) is 0 Å². The summed E-state index contributed by atoms with van der Waals surface area (Å²) in [6.45, 7) is 0.812. The second kappa shape index (κ2) is 9.70. The maximum absolute atomic E-state index is 11.5. The number of carbonyl (C=O) groups is 3. The molecule has 0 atom stereocenters. The van der Waals surface area contributed by atoms with Gasteiger partial charge in [0.05, 0.1) is 20.8 Å². The number of carbonyl (C=O) groups excluding carboxylic acids is 3. The Morgan fingerprint density at radius 2 is 1.50 bits per heavy atom. The van der Waals surface area contributed by atoms with Gasteiger partial charge in [-0.15, -0.1) is 0 Å². The van der Waals surface area contributed by atoms with Gasteiger partial charge in [-0.25, -0.2) is 14.4 Å². The third-order valence-corrected chi connectivity index (χ3v) is 2.35. The van der Waals surface area contributed by atoms with E-state index in [1.165, 1.54) is 24.0 Å². The van der Waals surface area contributed by atoms with Crippen LogP contribution >= 0.6 is 0 Å². The van der Waals surface area contributed by atoms with Crippen LogP contribution in [0.2, 0.25) is 0 Å². The molecule has 0 saturated carbocycles. The molecule has 0 spiro atoms. The first-order valence-corrected chi connectivity index (χ1v) is 5.91. The monoisotopic (exact) mass is 291 g/mol. The molecule has 0 aromatic rings. The number of ether oxygens (including phenoxy) is 3. The molecule has 0 aliphatic rings. The van der Waals surface area contributed by atoms with Crippen LogP contribution in [-0.2, 0) is 14.2 Å². The molecule has 9 nitrogen and oxygen atoms in total.